The van der Waals surface area contributed by atoms with Gasteiger partial charge in [-0.25, -0.2) is 8.78 Å². The Bertz CT molecular complexity index is 603. The fraction of sp³-hybridized carbons (Fsp3) is 0.308. The van der Waals surface area contributed by atoms with Crippen molar-refractivity contribution < 1.29 is 13.5 Å². The van der Waals surface area contributed by atoms with E-state index in [1.54, 1.807) is 18.0 Å². The van der Waals surface area contributed by atoms with Crippen LogP contribution in [0.3, 0.4) is 0 Å². The van der Waals surface area contributed by atoms with E-state index in [2.05, 4.69) is 21.0 Å². The molecule has 2 rings (SSSR count). The van der Waals surface area contributed by atoms with Gasteiger partial charge in [-0.05, 0) is 34.1 Å². The maximum Gasteiger partial charge on any atom is 0.128 e. The molecule has 2 N–H and O–H groups in total. The van der Waals surface area contributed by atoms with Gasteiger partial charge < -0.3 is 10.5 Å². The number of hydrogen-bond acceptors (Lipinski definition) is 3. The molecule has 108 valence electrons. The zero-order chi connectivity index (χ0) is 14.7. The normalized spacial score (nSPS) is 12.7. The molecule has 1 unspecified atom stereocenters. The molecular weight excluding hydrogens is 332 g/mol. The molecule has 0 aliphatic rings. The van der Waals surface area contributed by atoms with Crippen molar-refractivity contribution in [1.29, 1.82) is 0 Å². The van der Waals surface area contributed by atoms with Gasteiger partial charge in [0.05, 0.1) is 35.6 Å². The summed E-state index contributed by atoms with van der Waals surface area (Å²) in [7, 11) is 1.57. The molecule has 1 aromatic heterocycles. The summed E-state index contributed by atoms with van der Waals surface area (Å²) < 4.78 is 34.3. The lowest BCUT2D eigenvalue weighted by atomic mass is 10.0. The molecule has 1 heterocycles. The Balaban J connectivity index is 2.39. The predicted molar refractivity (Wildman–Crippen MR) is 74.2 cm³/mol. The highest BCUT2D eigenvalue weighted by Gasteiger charge is 2.21. The monoisotopic (exact) mass is 345 g/mol. The minimum Gasteiger partial charge on any atom is -0.383 e. The molecule has 0 bridgehead atoms. The van der Waals surface area contributed by atoms with Crippen LogP contribution < -0.4 is 5.73 Å². The van der Waals surface area contributed by atoms with Crippen LogP contribution in [0.1, 0.15) is 17.3 Å². The number of aromatic nitrogens is 2. The van der Waals surface area contributed by atoms with Crippen molar-refractivity contribution in [2.45, 2.75) is 12.6 Å². The van der Waals surface area contributed by atoms with E-state index in [-0.39, 0.29) is 5.56 Å². The van der Waals surface area contributed by atoms with Crippen LogP contribution in [0.25, 0.3) is 0 Å². The van der Waals surface area contributed by atoms with Gasteiger partial charge in [-0.2, -0.15) is 5.10 Å². The Morgan fingerprint density at radius 3 is 2.90 bits per heavy atom. The van der Waals surface area contributed by atoms with Crippen LogP contribution in [0.2, 0.25) is 0 Å². The first-order valence-electron chi connectivity index (χ1n) is 5.95. The molecule has 20 heavy (non-hydrogen) atoms. The van der Waals surface area contributed by atoms with Crippen molar-refractivity contribution in [2.75, 3.05) is 13.7 Å². The van der Waals surface area contributed by atoms with Crippen LogP contribution in [-0.2, 0) is 11.3 Å². The molecular formula is C13H14BrF2N3O. The number of hydrogen-bond donors (Lipinski definition) is 1. The Morgan fingerprint density at radius 1 is 1.45 bits per heavy atom. The first-order chi connectivity index (χ1) is 9.54. The van der Waals surface area contributed by atoms with Gasteiger partial charge in [-0.15, -0.1) is 0 Å². The standard InChI is InChI=1S/C13H14BrF2N3O/c1-20-5-4-19-13(10(14)7-18-19)12(17)9-6-8(15)2-3-11(9)16/h2-3,6-7,12H,4-5,17H2,1H3. The molecule has 0 saturated heterocycles. The number of halogens is 3. The summed E-state index contributed by atoms with van der Waals surface area (Å²) in [5.41, 5.74) is 6.73. The van der Waals surface area contributed by atoms with Crippen molar-refractivity contribution >= 4 is 15.9 Å². The zero-order valence-electron chi connectivity index (χ0n) is 10.8. The Labute approximate surface area is 123 Å². The molecule has 4 nitrogen and oxygen atoms in total. The molecule has 0 spiro atoms. The van der Waals surface area contributed by atoms with E-state index >= 15 is 0 Å². The highest BCUT2D eigenvalue weighted by molar-refractivity contribution is 9.10. The van der Waals surface area contributed by atoms with E-state index in [1.807, 2.05) is 0 Å². The number of nitrogens with zero attached hydrogens (tertiary/aromatic N) is 2. The smallest absolute Gasteiger partial charge is 0.128 e. The molecule has 0 amide bonds. The van der Waals surface area contributed by atoms with Crippen LogP contribution in [0.4, 0.5) is 8.78 Å². The molecule has 0 fully saturated rings. The van der Waals surface area contributed by atoms with E-state index in [0.29, 0.717) is 23.3 Å². The third kappa shape index (κ3) is 3.05. The first kappa shape index (κ1) is 15.1. The van der Waals surface area contributed by atoms with Gasteiger partial charge in [0, 0.05) is 12.7 Å². The fourth-order valence-corrected chi connectivity index (χ4v) is 2.48. The second-order valence-electron chi connectivity index (χ2n) is 4.24. The zero-order valence-corrected chi connectivity index (χ0v) is 12.4. The second kappa shape index (κ2) is 6.43. The number of benzene rings is 1. The van der Waals surface area contributed by atoms with Gasteiger partial charge in [-0.3, -0.25) is 4.68 Å². The lowest BCUT2D eigenvalue weighted by molar-refractivity contribution is 0.182. The van der Waals surface area contributed by atoms with E-state index in [4.69, 9.17) is 10.5 Å². The lowest BCUT2D eigenvalue weighted by Gasteiger charge is -2.16. The molecule has 0 aliphatic heterocycles. The van der Waals surface area contributed by atoms with Crippen molar-refractivity contribution in [2.24, 2.45) is 5.73 Å². The average Bonchev–Trinajstić information content (AvgIpc) is 2.79. The van der Waals surface area contributed by atoms with Crippen LogP contribution >= 0.6 is 15.9 Å². The molecule has 7 heteroatoms. The highest BCUT2D eigenvalue weighted by Crippen LogP contribution is 2.28. The number of ether oxygens (including phenoxy) is 1. The largest absolute Gasteiger partial charge is 0.383 e. The number of methoxy groups -OCH3 is 1. The van der Waals surface area contributed by atoms with Crippen molar-refractivity contribution in [3.8, 4) is 0 Å². The quantitative estimate of drug-likeness (QED) is 0.906. The number of rotatable bonds is 5. The van der Waals surface area contributed by atoms with Gasteiger partial charge in [0.1, 0.15) is 11.6 Å². The van der Waals surface area contributed by atoms with Crippen LogP contribution in [-0.4, -0.2) is 23.5 Å². The van der Waals surface area contributed by atoms with E-state index < -0.39 is 17.7 Å². The fourth-order valence-electron chi connectivity index (χ4n) is 1.94. The maximum atomic E-state index is 13.8. The summed E-state index contributed by atoms with van der Waals surface area (Å²) in [6.07, 6.45) is 1.57. The summed E-state index contributed by atoms with van der Waals surface area (Å²) in [6, 6.07) is 2.40. The van der Waals surface area contributed by atoms with Crippen molar-refractivity contribution in [1.82, 2.24) is 9.78 Å². The lowest BCUT2D eigenvalue weighted by Crippen LogP contribution is -2.20. The Morgan fingerprint density at radius 2 is 2.20 bits per heavy atom. The highest BCUT2D eigenvalue weighted by atomic mass is 79.9. The topological polar surface area (TPSA) is 53.1 Å². The van der Waals surface area contributed by atoms with Crippen LogP contribution in [0.15, 0.2) is 28.9 Å². The summed E-state index contributed by atoms with van der Waals surface area (Å²) in [4.78, 5) is 0. The molecule has 0 saturated carbocycles. The van der Waals surface area contributed by atoms with E-state index in [9.17, 15) is 8.78 Å². The third-order valence-corrected chi connectivity index (χ3v) is 3.54. The average molecular weight is 346 g/mol. The minimum absolute atomic E-state index is 0.0878. The first-order valence-corrected chi connectivity index (χ1v) is 6.74. The SMILES string of the molecule is COCCn1ncc(Br)c1C(N)c1cc(F)ccc1F. The molecule has 1 atom stereocenters. The van der Waals surface area contributed by atoms with E-state index in [0.717, 1.165) is 18.2 Å². The van der Waals surface area contributed by atoms with Gasteiger partial charge in [0.2, 0.25) is 0 Å². The van der Waals surface area contributed by atoms with Gasteiger partial charge in [0.25, 0.3) is 0 Å². The molecule has 0 radical (unpaired) electrons. The third-order valence-electron chi connectivity index (χ3n) is 2.93. The van der Waals surface area contributed by atoms with Crippen molar-refractivity contribution in [3.63, 3.8) is 0 Å². The maximum absolute atomic E-state index is 13.8. The Kier molecular flexibility index (Phi) is 4.85. The van der Waals surface area contributed by atoms with E-state index in [1.165, 1.54) is 0 Å². The minimum atomic E-state index is -0.820. The van der Waals surface area contributed by atoms with Gasteiger partial charge in [-0.1, -0.05) is 0 Å². The number of nitrogens with two attached hydrogens (primary N) is 1. The molecule has 2 aromatic rings. The Hall–Kier alpha value is -1.31. The summed E-state index contributed by atoms with van der Waals surface area (Å²) in [6.45, 7) is 0.918. The van der Waals surface area contributed by atoms with Gasteiger partial charge >= 0.3 is 0 Å². The van der Waals surface area contributed by atoms with Crippen LogP contribution in [0, 0.1) is 11.6 Å². The van der Waals surface area contributed by atoms with Gasteiger partial charge in [0.15, 0.2) is 0 Å². The predicted octanol–water partition coefficient (Wildman–Crippen LogP) is 2.62. The molecule has 0 aliphatic carbocycles. The summed E-state index contributed by atoms with van der Waals surface area (Å²) in [5.74, 6) is -1.08. The second-order valence-corrected chi connectivity index (χ2v) is 5.09. The van der Waals surface area contributed by atoms with Crippen LogP contribution in [0.5, 0.6) is 0 Å². The summed E-state index contributed by atoms with van der Waals surface area (Å²) >= 11 is 3.33. The summed E-state index contributed by atoms with van der Waals surface area (Å²) in [5, 5.41) is 4.15. The molecule has 1 aromatic carbocycles. The van der Waals surface area contributed by atoms with Crippen molar-refractivity contribution in [3.05, 3.63) is 51.8 Å².